The van der Waals surface area contributed by atoms with Crippen LogP contribution < -0.4 is 0 Å². The summed E-state index contributed by atoms with van der Waals surface area (Å²) in [4.78, 5) is 2.22. The summed E-state index contributed by atoms with van der Waals surface area (Å²) in [5.41, 5.74) is 0.550. The van der Waals surface area contributed by atoms with Crippen molar-refractivity contribution in [3.05, 3.63) is 12.8 Å². The molecular formula is C7H11NO. The Labute approximate surface area is 55.1 Å². The van der Waals surface area contributed by atoms with Crippen LogP contribution in [-0.2, 0) is 4.74 Å². The molecule has 0 unspecified atom stereocenters. The van der Waals surface area contributed by atoms with Gasteiger partial charge in [-0.05, 0) is 6.20 Å². The van der Waals surface area contributed by atoms with Gasteiger partial charge < -0.3 is 9.64 Å². The van der Waals surface area contributed by atoms with E-state index in [1.54, 1.807) is 0 Å². The molecule has 2 saturated heterocycles. The van der Waals surface area contributed by atoms with Gasteiger partial charge in [-0.25, -0.2) is 0 Å². The van der Waals surface area contributed by atoms with Crippen LogP contribution in [0.5, 0.6) is 0 Å². The molecule has 2 aliphatic rings. The van der Waals surface area contributed by atoms with Crippen molar-refractivity contribution in [1.29, 1.82) is 0 Å². The van der Waals surface area contributed by atoms with Crippen LogP contribution in [0.25, 0.3) is 0 Å². The van der Waals surface area contributed by atoms with Gasteiger partial charge in [-0.1, -0.05) is 6.58 Å². The van der Waals surface area contributed by atoms with Gasteiger partial charge in [0.15, 0.2) is 0 Å². The molecule has 0 radical (unpaired) electrons. The Bertz CT molecular complexity index is 132. The standard InChI is InChI=1S/C7H11NO/c1-2-8-3-7(4-8)5-9-6-7/h2H,1,3-6H2. The van der Waals surface area contributed by atoms with E-state index >= 15 is 0 Å². The number of likely N-dealkylation sites (tertiary alicyclic amines) is 1. The first-order chi connectivity index (χ1) is 4.35. The fourth-order valence-electron chi connectivity index (χ4n) is 1.52. The number of hydrogen-bond donors (Lipinski definition) is 0. The normalized spacial score (nSPS) is 29.1. The van der Waals surface area contributed by atoms with Gasteiger partial charge in [0, 0.05) is 13.1 Å². The van der Waals surface area contributed by atoms with Crippen LogP contribution in [0.4, 0.5) is 0 Å². The molecular weight excluding hydrogens is 114 g/mol. The van der Waals surface area contributed by atoms with Crippen molar-refractivity contribution in [2.75, 3.05) is 26.3 Å². The highest BCUT2D eigenvalue weighted by Gasteiger charge is 2.47. The molecule has 2 aliphatic heterocycles. The molecule has 2 heterocycles. The molecule has 0 aromatic carbocycles. The van der Waals surface area contributed by atoms with Crippen LogP contribution in [0.2, 0.25) is 0 Å². The molecule has 0 amide bonds. The summed E-state index contributed by atoms with van der Waals surface area (Å²) in [6.07, 6.45) is 1.91. The van der Waals surface area contributed by atoms with Crippen LogP contribution >= 0.6 is 0 Å². The van der Waals surface area contributed by atoms with Gasteiger partial charge in [-0.15, -0.1) is 0 Å². The van der Waals surface area contributed by atoms with E-state index in [-0.39, 0.29) is 0 Å². The van der Waals surface area contributed by atoms with E-state index in [0.29, 0.717) is 5.41 Å². The fraction of sp³-hybridized carbons (Fsp3) is 0.714. The molecule has 2 fully saturated rings. The second-order valence-electron chi connectivity index (χ2n) is 3.08. The summed E-state index contributed by atoms with van der Waals surface area (Å²) in [6.45, 7) is 7.96. The van der Waals surface area contributed by atoms with Crippen LogP contribution in [0.1, 0.15) is 0 Å². The van der Waals surface area contributed by atoms with Gasteiger partial charge in [0.05, 0.1) is 18.6 Å². The summed E-state index contributed by atoms with van der Waals surface area (Å²) in [7, 11) is 0. The molecule has 0 aromatic rings. The zero-order valence-electron chi connectivity index (χ0n) is 5.47. The molecule has 0 N–H and O–H groups in total. The third-order valence-electron chi connectivity index (χ3n) is 2.15. The molecule has 0 bridgehead atoms. The van der Waals surface area contributed by atoms with Crippen LogP contribution in [0.15, 0.2) is 12.8 Å². The van der Waals surface area contributed by atoms with Crippen molar-refractivity contribution >= 4 is 0 Å². The number of ether oxygens (including phenoxy) is 1. The molecule has 2 rings (SSSR count). The maximum Gasteiger partial charge on any atom is 0.0579 e. The lowest BCUT2D eigenvalue weighted by Crippen LogP contribution is -2.64. The Morgan fingerprint density at radius 2 is 2.11 bits per heavy atom. The van der Waals surface area contributed by atoms with Gasteiger partial charge in [-0.3, -0.25) is 0 Å². The second kappa shape index (κ2) is 1.51. The lowest BCUT2D eigenvalue weighted by Gasteiger charge is -2.54. The highest BCUT2D eigenvalue weighted by molar-refractivity contribution is 5.02. The van der Waals surface area contributed by atoms with E-state index in [9.17, 15) is 0 Å². The van der Waals surface area contributed by atoms with Crippen LogP contribution in [0, 0.1) is 5.41 Å². The van der Waals surface area contributed by atoms with Gasteiger partial charge in [0.2, 0.25) is 0 Å². The highest BCUT2D eigenvalue weighted by atomic mass is 16.5. The highest BCUT2D eigenvalue weighted by Crippen LogP contribution is 2.37. The first kappa shape index (κ1) is 5.30. The minimum absolute atomic E-state index is 0.550. The van der Waals surface area contributed by atoms with E-state index in [4.69, 9.17) is 4.74 Å². The molecule has 50 valence electrons. The van der Waals surface area contributed by atoms with E-state index < -0.39 is 0 Å². The molecule has 1 spiro atoms. The van der Waals surface area contributed by atoms with Crippen molar-refractivity contribution in [3.63, 3.8) is 0 Å². The van der Waals surface area contributed by atoms with E-state index in [0.717, 1.165) is 26.3 Å². The quantitative estimate of drug-likeness (QED) is 0.505. The van der Waals surface area contributed by atoms with Crippen molar-refractivity contribution in [3.8, 4) is 0 Å². The zero-order chi connectivity index (χ0) is 6.32. The van der Waals surface area contributed by atoms with E-state index in [1.165, 1.54) is 0 Å². The monoisotopic (exact) mass is 125 g/mol. The van der Waals surface area contributed by atoms with Gasteiger partial charge in [0.25, 0.3) is 0 Å². The zero-order valence-corrected chi connectivity index (χ0v) is 5.47. The van der Waals surface area contributed by atoms with Crippen molar-refractivity contribution in [2.24, 2.45) is 5.41 Å². The summed E-state index contributed by atoms with van der Waals surface area (Å²) >= 11 is 0. The predicted molar refractivity (Wildman–Crippen MR) is 35.0 cm³/mol. The van der Waals surface area contributed by atoms with Crippen molar-refractivity contribution in [1.82, 2.24) is 4.90 Å². The first-order valence-electron chi connectivity index (χ1n) is 3.29. The fourth-order valence-corrected chi connectivity index (χ4v) is 1.52. The van der Waals surface area contributed by atoms with Crippen molar-refractivity contribution < 1.29 is 4.74 Å². The summed E-state index contributed by atoms with van der Waals surface area (Å²) in [5, 5.41) is 0. The lowest BCUT2D eigenvalue weighted by molar-refractivity contribution is -0.176. The molecule has 0 atom stereocenters. The smallest absolute Gasteiger partial charge is 0.0579 e. The Kier molecular flexibility index (Phi) is 0.887. The average Bonchev–Trinajstić information content (AvgIpc) is 1.59. The molecule has 9 heavy (non-hydrogen) atoms. The Morgan fingerprint density at radius 1 is 1.44 bits per heavy atom. The Balaban J connectivity index is 1.88. The number of hydrogen-bond acceptors (Lipinski definition) is 2. The maximum atomic E-state index is 5.11. The molecule has 2 nitrogen and oxygen atoms in total. The van der Waals surface area contributed by atoms with Gasteiger partial charge in [-0.2, -0.15) is 0 Å². The van der Waals surface area contributed by atoms with Crippen LogP contribution in [-0.4, -0.2) is 31.2 Å². The maximum absolute atomic E-state index is 5.11. The Morgan fingerprint density at radius 3 is 2.44 bits per heavy atom. The minimum Gasteiger partial charge on any atom is -0.380 e. The van der Waals surface area contributed by atoms with Crippen LogP contribution in [0.3, 0.4) is 0 Å². The topological polar surface area (TPSA) is 12.5 Å². The SMILES string of the molecule is C=CN1CC2(COC2)C1. The summed E-state index contributed by atoms with van der Waals surface area (Å²) < 4.78 is 5.11. The largest absolute Gasteiger partial charge is 0.380 e. The summed E-state index contributed by atoms with van der Waals surface area (Å²) in [5.74, 6) is 0. The summed E-state index contributed by atoms with van der Waals surface area (Å²) in [6, 6.07) is 0. The third-order valence-corrected chi connectivity index (χ3v) is 2.15. The number of nitrogens with zero attached hydrogens (tertiary/aromatic N) is 1. The second-order valence-corrected chi connectivity index (χ2v) is 3.08. The van der Waals surface area contributed by atoms with E-state index in [2.05, 4.69) is 11.5 Å². The van der Waals surface area contributed by atoms with Crippen molar-refractivity contribution in [2.45, 2.75) is 0 Å². The molecule has 0 aromatic heterocycles. The minimum atomic E-state index is 0.550. The van der Waals surface area contributed by atoms with Gasteiger partial charge in [0.1, 0.15) is 0 Å². The predicted octanol–water partition coefficient (Wildman–Crippen LogP) is 0.462. The lowest BCUT2D eigenvalue weighted by atomic mass is 9.78. The number of rotatable bonds is 1. The average molecular weight is 125 g/mol. The van der Waals surface area contributed by atoms with E-state index in [1.807, 2.05) is 6.20 Å². The third kappa shape index (κ3) is 0.597. The first-order valence-corrected chi connectivity index (χ1v) is 3.29. The molecule has 0 aliphatic carbocycles. The molecule has 0 saturated carbocycles. The van der Waals surface area contributed by atoms with Gasteiger partial charge >= 0.3 is 0 Å². The Hall–Kier alpha value is -0.500. The molecule has 2 heteroatoms.